The normalized spacial score (nSPS) is 11.9. The van der Waals surface area contributed by atoms with Crippen LogP contribution in [0.4, 0.5) is 4.39 Å². The largest absolute Gasteiger partial charge is 0.409 e. The molecule has 1 heterocycles. The summed E-state index contributed by atoms with van der Waals surface area (Å²) in [5.74, 6) is -0.531. The highest BCUT2D eigenvalue weighted by Gasteiger charge is 2.12. The number of hydrogen-bond acceptors (Lipinski definition) is 3. The van der Waals surface area contributed by atoms with Crippen LogP contribution in [0.3, 0.4) is 0 Å². The van der Waals surface area contributed by atoms with Gasteiger partial charge in [-0.05, 0) is 36.6 Å². The zero-order chi connectivity index (χ0) is 15.4. The van der Waals surface area contributed by atoms with E-state index >= 15 is 0 Å². The minimum absolute atomic E-state index is 0.106. The predicted molar refractivity (Wildman–Crippen MR) is 79.0 cm³/mol. The van der Waals surface area contributed by atoms with Gasteiger partial charge >= 0.3 is 0 Å². The minimum Gasteiger partial charge on any atom is -0.409 e. The number of benzene rings is 1. The lowest BCUT2D eigenvalue weighted by molar-refractivity contribution is 0.318. The van der Waals surface area contributed by atoms with E-state index in [2.05, 4.69) is 23.2 Å². The Morgan fingerprint density at radius 1 is 1.33 bits per heavy atom. The molecule has 2 rings (SSSR count). The number of aryl methyl sites for hydroxylation is 2. The Labute approximate surface area is 122 Å². The maximum absolute atomic E-state index is 13.4. The van der Waals surface area contributed by atoms with E-state index in [1.165, 1.54) is 12.1 Å². The van der Waals surface area contributed by atoms with Crippen LogP contribution in [0.25, 0.3) is 0 Å². The molecule has 0 unspecified atom stereocenters. The molecule has 0 radical (unpaired) electrons. The van der Waals surface area contributed by atoms with E-state index in [-0.39, 0.29) is 5.84 Å². The summed E-state index contributed by atoms with van der Waals surface area (Å²) in [5.41, 5.74) is 8.87. The van der Waals surface area contributed by atoms with Crippen LogP contribution >= 0.6 is 0 Å². The van der Waals surface area contributed by atoms with Crippen molar-refractivity contribution in [3.05, 3.63) is 52.6 Å². The van der Waals surface area contributed by atoms with Gasteiger partial charge in [0.25, 0.3) is 0 Å². The van der Waals surface area contributed by atoms with Crippen LogP contribution in [0.2, 0.25) is 0 Å². The lowest BCUT2D eigenvalue weighted by Gasteiger charge is -2.11. The van der Waals surface area contributed by atoms with Crippen molar-refractivity contribution in [2.75, 3.05) is 0 Å². The fourth-order valence-electron chi connectivity index (χ4n) is 2.25. The zero-order valence-electron chi connectivity index (χ0n) is 12.2. The third-order valence-corrected chi connectivity index (χ3v) is 3.41. The molecule has 112 valence electrons. The van der Waals surface area contributed by atoms with Crippen LogP contribution in [-0.2, 0) is 19.4 Å². The molecule has 1 aromatic carbocycles. The number of halogens is 1. The standard InChI is InChI=1S/C15H19FN4O/c1-3-12-8-13(4-2)20(18-12)9-10-5-6-11(16)7-14(10)15(17)19-21/h5-8,21H,3-4,9H2,1-2H3,(H2,17,19). The first-order valence-electron chi connectivity index (χ1n) is 6.90. The number of amidine groups is 1. The van der Waals surface area contributed by atoms with Crippen LogP contribution in [0, 0.1) is 5.82 Å². The molecule has 0 aliphatic carbocycles. The maximum Gasteiger partial charge on any atom is 0.170 e. The van der Waals surface area contributed by atoms with E-state index in [4.69, 9.17) is 10.9 Å². The van der Waals surface area contributed by atoms with Gasteiger partial charge in [-0.15, -0.1) is 0 Å². The van der Waals surface area contributed by atoms with Crippen LogP contribution in [0.1, 0.15) is 36.4 Å². The molecule has 3 N–H and O–H groups in total. The number of nitrogens with zero attached hydrogens (tertiary/aromatic N) is 3. The fraction of sp³-hybridized carbons (Fsp3) is 0.333. The average molecular weight is 290 g/mol. The first kappa shape index (κ1) is 15.0. The van der Waals surface area contributed by atoms with Gasteiger partial charge in [0.05, 0.1) is 12.2 Å². The van der Waals surface area contributed by atoms with Crippen LogP contribution < -0.4 is 5.73 Å². The van der Waals surface area contributed by atoms with Gasteiger partial charge in [0.1, 0.15) is 5.82 Å². The second kappa shape index (κ2) is 6.39. The van der Waals surface area contributed by atoms with Gasteiger partial charge in [0.2, 0.25) is 0 Å². The van der Waals surface area contributed by atoms with Crippen molar-refractivity contribution in [3.8, 4) is 0 Å². The van der Waals surface area contributed by atoms with Crippen molar-refractivity contribution < 1.29 is 9.60 Å². The van der Waals surface area contributed by atoms with Gasteiger partial charge in [0, 0.05) is 11.3 Å². The molecular formula is C15H19FN4O. The molecule has 6 heteroatoms. The van der Waals surface area contributed by atoms with Crippen molar-refractivity contribution in [2.24, 2.45) is 10.9 Å². The summed E-state index contributed by atoms with van der Waals surface area (Å²) in [6, 6.07) is 6.32. The molecule has 0 fully saturated rings. The van der Waals surface area contributed by atoms with Crippen molar-refractivity contribution >= 4 is 5.84 Å². The Morgan fingerprint density at radius 3 is 2.71 bits per heavy atom. The molecule has 0 aliphatic heterocycles. The summed E-state index contributed by atoms with van der Waals surface area (Å²) in [7, 11) is 0. The summed E-state index contributed by atoms with van der Waals surface area (Å²) in [6.45, 7) is 4.56. The highest BCUT2D eigenvalue weighted by atomic mass is 19.1. The average Bonchev–Trinajstić information content (AvgIpc) is 2.90. The Morgan fingerprint density at radius 2 is 2.10 bits per heavy atom. The van der Waals surface area contributed by atoms with E-state index in [0.29, 0.717) is 12.1 Å². The van der Waals surface area contributed by atoms with Crippen LogP contribution in [0.15, 0.2) is 29.4 Å². The molecule has 0 bridgehead atoms. The van der Waals surface area contributed by atoms with Gasteiger partial charge in [0.15, 0.2) is 5.84 Å². The SMILES string of the molecule is CCc1cc(CC)n(Cc2ccc(F)cc2/C(N)=N/O)n1. The van der Waals surface area contributed by atoms with Crippen molar-refractivity contribution in [3.63, 3.8) is 0 Å². The Balaban J connectivity index is 2.42. The number of nitrogens with two attached hydrogens (primary N) is 1. The summed E-state index contributed by atoms with van der Waals surface area (Å²) in [5, 5.41) is 16.3. The molecule has 0 aliphatic rings. The predicted octanol–water partition coefficient (Wildman–Crippen LogP) is 2.29. The monoisotopic (exact) mass is 290 g/mol. The molecule has 2 aromatic rings. The molecule has 21 heavy (non-hydrogen) atoms. The van der Waals surface area contributed by atoms with Gasteiger partial charge in [-0.3, -0.25) is 4.68 Å². The molecule has 0 saturated heterocycles. The van der Waals surface area contributed by atoms with E-state index in [0.717, 1.165) is 29.8 Å². The molecular weight excluding hydrogens is 271 g/mol. The van der Waals surface area contributed by atoms with E-state index in [9.17, 15) is 4.39 Å². The minimum atomic E-state index is -0.425. The molecule has 0 saturated carbocycles. The maximum atomic E-state index is 13.4. The smallest absolute Gasteiger partial charge is 0.170 e. The van der Waals surface area contributed by atoms with Crippen molar-refractivity contribution in [2.45, 2.75) is 33.2 Å². The van der Waals surface area contributed by atoms with Crippen molar-refractivity contribution in [1.29, 1.82) is 0 Å². The zero-order valence-corrected chi connectivity index (χ0v) is 12.2. The Kier molecular flexibility index (Phi) is 4.57. The topological polar surface area (TPSA) is 76.4 Å². The molecule has 5 nitrogen and oxygen atoms in total. The third kappa shape index (κ3) is 3.21. The van der Waals surface area contributed by atoms with Crippen LogP contribution in [-0.4, -0.2) is 20.8 Å². The highest BCUT2D eigenvalue weighted by Crippen LogP contribution is 2.15. The highest BCUT2D eigenvalue weighted by molar-refractivity contribution is 5.98. The fourth-order valence-corrected chi connectivity index (χ4v) is 2.25. The summed E-state index contributed by atoms with van der Waals surface area (Å²) in [6.07, 6.45) is 1.71. The van der Waals surface area contributed by atoms with Gasteiger partial charge in [-0.1, -0.05) is 25.1 Å². The van der Waals surface area contributed by atoms with E-state index in [1.807, 2.05) is 11.6 Å². The lowest BCUT2D eigenvalue weighted by Crippen LogP contribution is -2.18. The van der Waals surface area contributed by atoms with E-state index < -0.39 is 5.82 Å². The Bertz CT molecular complexity index is 664. The molecule has 1 aromatic heterocycles. The second-order valence-corrected chi connectivity index (χ2v) is 4.78. The number of rotatable bonds is 5. The number of oxime groups is 1. The summed E-state index contributed by atoms with van der Waals surface area (Å²) < 4.78 is 15.2. The van der Waals surface area contributed by atoms with Crippen LogP contribution in [0.5, 0.6) is 0 Å². The van der Waals surface area contributed by atoms with Gasteiger partial charge < -0.3 is 10.9 Å². The lowest BCUT2D eigenvalue weighted by atomic mass is 10.1. The number of aromatic nitrogens is 2. The van der Waals surface area contributed by atoms with Gasteiger partial charge in [-0.25, -0.2) is 4.39 Å². The Hall–Kier alpha value is -2.37. The molecule has 0 amide bonds. The van der Waals surface area contributed by atoms with Gasteiger partial charge in [-0.2, -0.15) is 5.10 Å². The first-order chi connectivity index (χ1) is 10.1. The van der Waals surface area contributed by atoms with E-state index in [1.54, 1.807) is 6.07 Å². The summed E-state index contributed by atoms with van der Waals surface area (Å²) >= 11 is 0. The summed E-state index contributed by atoms with van der Waals surface area (Å²) in [4.78, 5) is 0. The number of hydrogen-bond donors (Lipinski definition) is 2. The quantitative estimate of drug-likeness (QED) is 0.384. The first-order valence-corrected chi connectivity index (χ1v) is 6.90. The van der Waals surface area contributed by atoms with Crippen molar-refractivity contribution in [1.82, 2.24) is 9.78 Å². The molecule has 0 spiro atoms. The molecule has 0 atom stereocenters. The third-order valence-electron chi connectivity index (χ3n) is 3.41. The second-order valence-electron chi connectivity index (χ2n) is 4.78.